The third kappa shape index (κ3) is 12.3. The number of alkyl halides is 1. The fourth-order valence-corrected chi connectivity index (χ4v) is 4.39. The lowest BCUT2D eigenvalue weighted by Gasteiger charge is -2.36. The Bertz CT molecular complexity index is 321. The van der Waals surface area contributed by atoms with Crippen LogP contribution in [0.25, 0.3) is 0 Å². The molecule has 0 radical (unpaired) electrons. The van der Waals surface area contributed by atoms with Gasteiger partial charge in [-0.05, 0) is 68.6 Å². The van der Waals surface area contributed by atoms with Crippen molar-refractivity contribution in [2.75, 3.05) is 0 Å². The van der Waals surface area contributed by atoms with Gasteiger partial charge >= 0.3 is 0 Å². The number of hydrogen-bond acceptors (Lipinski definition) is 0. The van der Waals surface area contributed by atoms with Crippen molar-refractivity contribution in [3.63, 3.8) is 0 Å². The van der Waals surface area contributed by atoms with Crippen LogP contribution < -0.4 is 0 Å². The molecule has 0 amide bonds. The van der Waals surface area contributed by atoms with E-state index in [4.69, 9.17) is 0 Å². The number of halogens is 1. The summed E-state index contributed by atoms with van der Waals surface area (Å²) in [6.07, 6.45) is 10.7. The summed E-state index contributed by atoms with van der Waals surface area (Å²) in [5, 5.41) is 0. The summed E-state index contributed by atoms with van der Waals surface area (Å²) in [5.41, 5.74) is -0.310. The highest BCUT2D eigenvalue weighted by atomic mass is 19.1. The molecule has 0 N–H and O–H groups in total. The molecule has 0 aromatic heterocycles. The Kier molecular flexibility index (Phi) is 10.1. The molecule has 0 saturated carbocycles. The summed E-state index contributed by atoms with van der Waals surface area (Å²) in [7, 11) is 0. The van der Waals surface area contributed by atoms with Crippen LogP contribution in [-0.2, 0) is 0 Å². The molecule has 0 aliphatic carbocycles. The van der Waals surface area contributed by atoms with Gasteiger partial charge in [0.1, 0.15) is 5.67 Å². The maximum atomic E-state index is 13.7. The fourth-order valence-electron chi connectivity index (χ4n) is 4.39. The highest BCUT2D eigenvalue weighted by Gasteiger charge is 2.29. The Labute approximate surface area is 153 Å². The van der Waals surface area contributed by atoms with E-state index in [0.717, 1.165) is 24.7 Å². The second-order valence-electron chi connectivity index (χ2n) is 10.7. The van der Waals surface area contributed by atoms with E-state index in [2.05, 4.69) is 48.5 Å². The van der Waals surface area contributed by atoms with E-state index in [-0.39, 0.29) is 0 Å². The average molecular weight is 343 g/mol. The molecule has 146 valence electrons. The Morgan fingerprint density at radius 3 is 1.62 bits per heavy atom. The van der Waals surface area contributed by atoms with Gasteiger partial charge in [0, 0.05) is 0 Å². The van der Waals surface area contributed by atoms with Crippen LogP contribution in [0.4, 0.5) is 4.39 Å². The summed E-state index contributed by atoms with van der Waals surface area (Å²) in [6, 6.07) is 0. The number of hydrogen-bond donors (Lipinski definition) is 0. The first-order valence-electron chi connectivity index (χ1n) is 10.5. The second kappa shape index (κ2) is 10.2. The van der Waals surface area contributed by atoms with Crippen molar-refractivity contribution in [2.45, 2.75) is 126 Å². The maximum absolute atomic E-state index is 13.7. The van der Waals surface area contributed by atoms with Crippen LogP contribution in [0.5, 0.6) is 0 Å². The smallest absolute Gasteiger partial charge is 0.105 e. The molecule has 0 rings (SSSR count). The van der Waals surface area contributed by atoms with Crippen LogP contribution in [0.3, 0.4) is 0 Å². The van der Waals surface area contributed by atoms with E-state index in [1.807, 2.05) is 0 Å². The van der Waals surface area contributed by atoms with Crippen LogP contribution in [0.15, 0.2) is 0 Å². The van der Waals surface area contributed by atoms with Crippen LogP contribution in [0, 0.1) is 22.7 Å². The summed E-state index contributed by atoms with van der Waals surface area (Å²) < 4.78 is 13.7. The third-order valence-electron chi connectivity index (χ3n) is 5.81. The predicted molar refractivity (Wildman–Crippen MR) is 108 cm³/mol. The minimum Gasteiger partial charge on any atom is -0.245 e. The van der Waals surface area contributed by atoms with Crippen LogP contribution in [0.2, 0.25) is 0 Å². The monoisotopic (exact) mass is 342 g/mol. The van der Waals surface area contributed by atoms with Crippen molar-refractivity contribution in [2.24, 2.45) is 22.7 Å². The lowest BCUT2D eigenvalue weighted by atomic mass is 9.70. The molecule has 0 saturated heterocycles. The van der Waals surface area contributed by atoms with E-state index in [9.17, 15) is 4.39 Å². The summed E-state index contributed by atoms with van der Waals surface area (Å²) in [6.45, 7) is 20.1. The first-order valence-corrected chi connectivity index (χ1v) is 10.5. The van der Waals surface area contributed by atoms with Crippen molar-refractivity contribution >= 4 is 0 Å². The summed E-state index contributed by atoms with van der Waals surface area (Å²) >= 11 is 0. The summed E-state index contributed by atoms with van der Waals surface area (Å²) in [4.78, 5) is 0. The lowest BCUT2D eigenvalue weighted by molar-refractivity contribution is 0.144. The Hall–Kier alpha value is -0.0700. The van der Waals surface area contributed by atoms with E-state index in [1.54, 1.807) is 13.8 Å². The van der Waals surface area contributed by atoms with Crippen LogP contribution in [-0.4, -0.2) is 5.67 Å². The van der Waals surface area contributed by atoms with Gasteiger partial charge in [-0.1, -0.05) is 74.1 Å². The average Bonchev–Trinajstić information content (AvgIpc) is 2.35. The molecule has 2 unspecified atom stereocenters. The molecular weight excluding hydrogens is 295 g/mol. The highest BCUT2D eigenvalue weighted by molar-refractivity contribution is 4.80. The second-order valence-corrected chi connectivity index (χ2v) is 10.7. The maximum Gasteiger partial charge on any atom is 0.105 e. The fraction of sp³-hybridized carbons (Fsp3) is 1.00. The molecule has 0 fully saturated rings. The van der Waals surface area contributed by atoms with Gasteiger partial charge in [0.25, 0.3) is 0 Å². The minimum atomic E-state index is -1.02. The van der Waals surface area contributed by atoms with E-state index in [1.165, 1.54) is 38.5 Å². The van der Waals surface area contributed by atoms with Crippen LogP contribution >= 0.6 is 0 Å². The lowest BCUT2D eigenvalue weighted by Crippen LogP contribution is -2.24. The molecule has 0 heterocycles. The van der Waals surface area contributed by atoms with Gasteiger partial charge in [-0.3, -0.25) is 0 Å². The zero-order valence-corrected chi connectivity index (χ0v) is 18.4. The van der Waals surface area contributed by atoms with Crippen molar-refractivity contribution in [3.05, 3.63) is 0 Å². The van der Waals surface area contributed by atoms with Gasteiger partial charge in [0.2, 0.25) is 0 Å². The first-order chi connectivity index (χ1) is 10.8. The molecular formula is C23H47F. The van der Waals surface area contributed by atoms with Crippen molar-refractivity contribution < 1.29 is 4.39 Å². The molecule has 2 atom stereocenters. The largest absolute Gasteiger partial charge is 0.245 e. The Balaban J connectivity index is 4.22. The van der Waals surface area contributed by atoms with Crippen molar-refractivity contribution in [1.29, 1.82) is 0 Å². The van der Waals surface area contributed by atoms with E-state index >= 15 is 0 Å². The summed E-state index contributed by atoms with van der Waals surface area (Å²) in [5.74, 6) is 1.71. The van der Waals surface area contributed by atoms with Gasteiger partial charge in [-0.15, -0.1) is 0 Å². The zero-order valence-electron chi connectivity index (χ0n) is 18.4. The normalized spacial score (nSPS) is 16.2. The molecule has 0 aliphatic rings. The third-order valence-corrected chi connectivity index (χ3v) is 5.81. The highest BCUT2D eigenvalue weighted by Crippen LogP contribution is 2.41. The van der Waals surface area contributed by atoms with Crippen LogP contribution in [0.1, 0.15) is 120 Å². The first kappa shape index (κ1) is 23.9. The van der Waals surface area contributed by atoms with E-state index in [0.29, 0.717) is 17.3 Å². The Morgan fingerprint density at radius 1 is 0.708 bits per heavy atom. The molecule has 0 aromatic rings. The predicted octanol–water partition coefficient (Wildman–Crippen LogP) is 8.59. The molecule has 0 aromatic carbocycles. The standard InChI is InChI=1S/C23H47F/c1-10-13-19(2)20(3)14-11-15-21(4,5)18-22(6,7)16-12-17-23(8,9)24/h19-20H,10-18H2,1-9H3. The van der Waals surface area contributed by atoms with Gasteiger partial charge in [-0.2, -0.15) is 0 Å². The number of rotatable bonds is 13. The van der Waals surface area contributed by atoms with Crippen molar-refractivity contribution in [3.8, 4) is 0 Å². The van der Waals surface area contributed by atoms with Crippen molar-refractivity contribution in [1.82, 2.24) is 0 Å². The van der Waals surface area contributed by atoms with Gasteiger partial charge in [-0.25, -0.2) is 4.39 Å². The molecule has 0 aliphatic heterocycles. The SMILES string of the molecule is CCCC(C)C(C)CCCC(C)(C)CC(C)(C)CCCC(C)(C)F. The molecule has 0 nitrogen and oxygen atoms in total. The quantitative estimate of drug-likeness (QED) is 0.314. The Morgan fingerprint density at radius 2 is 1.17 bits per heavy atom. The molecule has 0 spiro atoms. The zero-order chi connectivity index (χ0) is 19.0. The molecule has 1 heteroatoms. The van der Waals surface area contributed by atoms with Gasteiger partial charge in [0.05, 0.1) is 0 Å². The van der Waals surface area contributed by atoms with Gasteiger partial charge < -0.3 is 0 Å². The van der Waals surface area contributed by atoms with Gasteiger partial charge in [0.15, 0.2) is 0 Å². The molecule has 24 heavy (non-hydrogen) atoms. The topological polar surface area (TPSA) is 0 Å². The minimum absolute atomic E-state index is 0.315. The van der Waals surface area contributed by atoms with E-state index < -0.39 is 5.67 Å². The molecule has 0 bridgehead atoms.